The third-order valence-electron chi connectivity index (χ3n) is 4.95. The minimum atomic E-state index is -0.979. The fourth-order valence-electron chi connectivity index (χ4n) is 3.87. The van der Waals surface area contributed by atoms with Crippen molar-refractivity contribution in [1.29, 1.82) is 0 Å². The highest BCUT2D eigenvalue weighted by Crippen LogP contribution is 2.45. The van der Waals surface area contributed by atoms with E-state index in [0.29, 0.717) is 0 Å². The van der Waals surface area contributed by atoms with Crippen molar-refractivity contribution in [3.63, 3.8) is 0 Å². The summed E-state index contributed by atoms with van der Waals surface area (Å²) in [5.41, 5.74) is 1.97. The molecular formula is C18H22N2O6. The van der Waals surface area contributed by atoms with E-state index in [-0.39, 0.29) is 17.9 Å². The Bertz CT molecular complexity index is 736. The molecular weight excluding hydrogens is 340 g/mol. The molecule has 3 rings (SSSR count). The predicted molar refractivity (Wildman–Crippen MR) is 90.8 cm³/mol. The van der Waals surface area contributed by atoms with Crippen molar-refractivity contribution in [2.24, 2.45) is 11.0 Å². The molecule has 0 fully saturated rings. The van der Waals surface area contributed by atoms with E-state index >= 15 is 0 Å². The first-order chi connectivity index (χ1) is 12.5. The molecule has 2 aliphatic heterocycles. The Hall–Kier alpha value is -2.64. The molecule has 0 aromatic rings. The van der Waals surface area contributed by atoms with Crippen LogP contribution in [0.25, 0.3) is 0 Å². The average Bonchev–Trinajstić information content (AvgIpc) is 3.02. The van der Waals surface area contributed by atoms with Crippen molar-refractivity contribution in [3.8, 4) is 0 Å². The van der Waals surface area contributed by atoms with Crippen LogP contribution in [0.1, 0.15) is 32.6 Å². The molecule has 0 aromatic carbocycles. The largest absolute Gasteiger partial charge is 0.468 e. The van der Waals surface area contributed by atoms with E-state index in [1.54, 1.807) is 13.1 Å². The SMILES string of the molecule is CCOC(=O)C1=C(C(=O)OC)[C@H](C(=O)OC)[C@@H]2C3=C(C=NN12)CCCC3. The van der Waals surface area contributed by atoms with E-state index in [0.717, 1.165) is 36.8 Å². The van der Waals surface area contributed by atoms with Gasteiger partial charge in [-0.2, -0.15) is 5.10 Å². The van der Waals surface area contributed by atoms with Crippen LogP contribution >= 0.6 is 0 Å². The van der Waals surface area contributed by atoms with Crippen molar-refractivity contribution in [2.75, 3.05) is 20.8 Å². The maximum Gasteiger partial charge on any atom is 0.357 e. The van der Waals surface area contributed by atoms with Crippen molar-refractivity contribution in [1.82, 2.24) is 5.01 Å². The van der Waals surface area contributed by atoms with Gasteiger partial charge in [0, 0.05) is 0 Å². The number of rotatable bonds is 4. The molecule has 0 N–H and O–H groups in total. The van der Waals surface area contributed by atoms with Crippen molar-refractivity contribution in [3.05, 3.63) is 22.4 Å². The minimum Gasteiger partial charge on any atom is -0.468 e. The zero-order chi connectivity index (χ0) is 18.8. The number of nitrogens with zero attached hydrogens (tertiary/aromatic N) is 2. The number of carbonyl (C=O) groups is 3. The summed E-state index contributed by atoms with van der Waals surface area (Å²) < 4.78 is 14.9. The molecule has 0 saturated heterocycles. The Morgan fingerprint density at radius 1 is 1.15 bits per heavy atom. The van der Waals surface area contributed by atoms with Gasteiger partial charge in [0.15, 0.2) is 5.70 Å². The topological polar surface area (TPSA) is 94.5 Å². The quantitative estimate of drug-likeness (QED) is 0.550. The van der Waals surface area contributed by atoms with Gasteiger partial charge < -0.3 is 14.2 Å². The van der Waals surface area contributed by atoms with E-state index in [2.05, 4.69) is 5.10 Å². The molecule has 2 atom stereocenters. The molecule has 0 saturated carbocycles. The van der Waals surface area contributed by atoms with E-state index in [1.807, 2.05) is 0 Å². The monoisotopic (exact) mass is 362 g/mol. The number of hydrogen-bond donors (Lipinski definition) is 0. The molecule has 0 unspecified atom stereocenters. The molecule has 8 heteroatoms. The van der Waals surface area contributed by atoms with Gasteiger partial charge in [-0.15, -0.1) is 0 Å². The maximum atomic E-state index is 12.6. The second-order valence-corrected chi connectivity index (χ2v) is 6.27. The van der Waals surface area contributed by atoms with E-state index in [4.69, 9.17) is 14.2 Å². The van der Waals surface area contributed by atoms with Crippen LogP contribution < -0.4 is 0 Å². The van der Waals surface area contributed by atoms with Crippen LogP contribution in [0.3, 0.4) is 0 Å². The summed E-state index contributed by atoms with van der Waals surface area (Å²) in [6.45, 7) is 1.80. The molecule has 140 valence electrons. The molecule has 3 aliphatic rings. The van der Waals surface area contributed by atoms with Crippen LogP contribution in [0, 0.1) is 5.92 Å². The summed E-state index contributed by atoms with van der Waals surface area (Å²) in [5, 5.41) is 5.80. The lowest BCUT2D eigenvalue weighted by molar-refractivity contribution is -0.148. The zero-order valence-electron chi connectivity index (χ0n) is 15.1. The van der Waals surface area contributed by atoms with Gasteiger partial charge in [0.1, 0.15) is 5.92 Å². The van der Waals surface area contributed by atoms with Crippen LogP contribution in [0.2, 0.25) is 0 Å². The number of methoxy groups -OCH3 is 2. The zero-order valence-corrected chi connectivity index (χ0v) is 15.1. The van der Waals surface area contributed by atoms with E-state index in [1.165, 1.54) is 19.2 Å². The summed E-state index contributed by atoms with van der Waals surface area (Å²) in [7, 11) is 2.46. The second-order valence-electron chi connectivity index (χ2n) is 6.27. The molecule has 26 heavy (non-hydrogen) atoms. The average molecular weight is 362 g/mol. The number of hydrogen-bond acceptors (Lipinski definition) is 8. The van der Waals surface area contributed by atoms with Gasteiger partial charge in [-0.05, 0) is 43.8 Å². The predicted octanol–water partition coefficient (Wildman–Crippen LogP) is 1.32. The summed E-state index contributed by atoms with van der Waals surface area (Å²) in [5.74, 6) is -3.05. The lowest BCUT2D eigenvalue weighted by Gasteiger charge is -2.35. The van der Waals surface area contributed by atoms with Crippen molar-refractivity contribution in [2.45, 2.75) is 38.6 Å². The molecule has 0 amide bonds. The Labute approximate surface area is 151 Å². The Balaban J connectivity index is 2.17. The van der Waals surface area contributed by atoms with Gasteiger partial charge in [-0.3, -0.25) is 4.79 Å². The first-order valence-electron chi connectivity index (χ1n) is 8.67. The van der Waals surface area contributed by atoms with Crippen molar-refractivity contribution < 1.29 is 28.6 Å². The molecule has 0 bridgehead atoms. The number of ether oxygens (including phenoxy) is 3. The van der Waals surface area contributed by atoms with Crippen LogP contribution in [0.15, 0.2) is 27.5 Å². The highest BCUT2D eigenvalue weighted by molar-refractivity contribution is 6.06. The first-order valence-corrected chi connectivity index (χ1v) is 8.67. The van der Waals surface area contributed by atoms with Gasteiger partial charge >= 0.3 is 17.9 Å². The molecule has 0 aromatic heterocycles. The third kappa shape index (κ3) is 2.79. The number of allylic oxidation sites excluding steroid dienone is 1. The lowest BCUT2D eigenvalue weighted by atomic mass is 9.80. The summed E-state index contributed by atoms with van der Waals surface area (Å²) in [6.07, 6.45) is 5.37. The van der Waals surface area contributed by atoms with Crippen LogP contribution in [-0.4, -0.2) is 56.0 Å². The molecule has 0 radical (unpaired) electrons. The molecule has 0 spiro atoms. The lowest BCUT2D eigenvalue weighted by Crippen LogP contribution is -2.41. The Morgan fingerprint density at radius 3 is 2.54 bits per heavy atom. The minimum absolute atomic E-state index is 0.0486. The normalized spacial score (nSPS) is 24.2. The maximum absolute atomic E-state index is 12.6. The van der Waals surface area contributed by atoms with Gasteiger partial charge in [0.25, 0.3) is 0 Å². The number of fused-ring (bicyclic) bond motifs is 2. The standard InChI is InChI=1S/C18H22N2O6/c1-4-26-18(23)15-13(17(22)25-3)12(16(21)24-2)14-11-8-6-5-7-10(11)9-19-20(14)15/h9,12,14H,4-8H2,1-3H3/t12-,14-/m0/s1. The molecule has 2 heterocycles. The smallest absolute Gasteiger partial charge is 0.357 e. The second kappa shape index (κ2) is 7.31. The number of hydrazone groups is 1. The first kappa shape index (κ1) is 18.2. The van der Waals surface area contributed by atoms with Crippen molar-refractivity contribution >= 4 is 24.1 Å². The summed E-state index contributed by atoms with van der Waals surface area (Å²) in [6, 6.07) is -0.559. The fourth-order valence-corrected chi connectivity index (χ4v) is 3.87. The van der Waals surface area contributed by atoms with Gasteiger partial charge in [0.2, 0.25) is 0 Å². The van der Waals surface area contributed by atoms with Crippen LogP contribution in [0.5, 0.6) is 0 Å². The highest BCUT2D eigenvalue weighted by atomic mass is 16.5. The van der Waals surface area contributed by atoms with Crippen LogP contribution in [0.4, 0.5) is 0 Å². The fraction of sp³-hybridized carbons (Fsp3) is 0.556. The van der Waals surface area contributed by atoms with Gasteiger partial charge in [-0.25, -0.2) is 14.6 Å². The van der Waals surface area contributed by atoms with Gasteiger partial charge in [0.05, 0.1) is 38.7 Å². The van der Waals surface area contributed by atoms with E-state index < -0.39 is 29.9 Å². The van der Waals surface area contributed by atoms with Crippen LogP contribution in [-0.2, 0) is 28.6 Å². The third-order valence-corrected chi connectivity index (χ3v) is 4.95. The summed E-state index contributed by atoms with van der Waals surface area (Å²) in [4.78, 5) is 37.6. The number of carbonyl (C=O) groups excluding carboxylic acids is 3. The van der Waals surface area contributed by atoms with E-state index in [9.17, 15) is 14.4 Å². The highest BCUT2D eigenvalue weighted by Gasteiger charge is 2.54. The Kier molecular flexibility index (Phi) is 5.11. The Morgan fingerprint density at radius 2 is 1.88 bits per heavy atom. The van der Waals surface area contributed by atoms with Gasteiger partial charge in [-0.1, -0.05) is 0 Å². The molecule has 1 aliphatic carbocycles. The summed E-state index contributed by atoms with van der Waals surface area (Å²) >= 11 is 0. The molecule has 8 nitrogen and oxygen atoms in total. The number of esters is 3.